The number of halogens is 2. The Morgan fingerprint density at radius 1 is 1.05 bits per heavy atom. The van der Waals surface area contributed by atoms with Gasteiger partial charge in [-0.05, 0) is 44.0 Å². The molecule has 4 rings (SSSR count). The topological polar surface area (TPSA) is 105 Å². The van der Waals surface area contributed by atoms with Gasteiger partial charge in [-0.2, -0.15) is 0 Å². The molecule has 1 aliphatic heterocycles. The summed E-state index contributed by atoms with van der Waals surface area (Å²) in [6, 6.07) is 8.74. The van der Waals surface area contributed by atoms with Gasteiger partial charge in [-0.1, -0.05) is 48.5 Å². The maximum Gasteiger partial charge on any atom is 0.244 e. The van der Waals surface area contributed by atoms with Crippen molar-refractivity contribution in [2.75, 3.05) is 23.9 Å². The van der Waals surface area contributed by atoms with Gasteiger partial charge < -0.3 is 19.7 Å². The Bertz CT molecular complexity index is 1280. The van der Waals surface area contributed by atoms with E-state index in [2.05, 4.69) is 5.32 Å². The normalized spacial score (nSPS) is 16.1. The highest BCUT2D eigenvalue weighted by atomic mass is 35.5. The molecule has 9 nitrogen and oxygen atoms in total. The van der Waals surface area contributed by atoms with Gasteiger partial charge in [-0.3, -0.25) is 13.9 Å². The third-order valence-corrected chi connectivity index (χ3v) is 8.68. The largest absolute Gasteiger partial charge is 0.454 e. The fourth-order valence-electron chi connectivity index (χ4n) is 4.66. The van der Waals surface area contributed by atoms with Crippen LogP contribution in [0.2, 0.25) is 10.0 Å². The zero-order valence-electron chi connectivity index (χ0n) is 21.3. The zero-order valence-corrected chi connectivity index (χ0v) is 23.6. The molecular formula is C26H31Cl2N3O6S. The molecule has 2 amide bonds. The average molecular weight is 585 g/mol. The van der Waals surface area contributed by atoms with Crippen LogP contribution in [0.15, 0.2) is 36.4 Å². The van der Waals surface area contributed by atoms with Gasteiger partial charge in [0, 0.05) is 34.3 Å². The van der Waals surface area contributed by atoms with Gasteiger partial charge in [-0.15, -0.1) is 0 Å². The van der Waals surface area contributed by atoms with E-state index in [-0.39, 0.29) is 31.0 Å². The van der Waals surface area contributed by atoms with Gasteiger partial charge in [0.2, 0.25) is 28.6 Å². The summed E-state index contributed by atoms with van der Waals surface area (Å²) in [4.78, 5) is 28.4. The van der Waals surface area contributed by atoms with Crippen LogP contribution in [-0.2, 0) is 26.2 Å². The number of benzene rings is 2. The number of anilines is 1. The van der Waals surface area contributed by atoms with E-state index in [1.54, 1.807) is 31.2 Å². The number of hydrogen-bond donors (Lipinski definition) is 1. The van der Waals surface area contributed by atoms with Crippen molar-refractivity contribution in [2.45, 2.75) is 57.7 Å². The SMILES string of the molecule is C[C@@H](C(=O)NC1CCCCC1)N(Cc1c(Cl)cccc1Cl)C(=O)CN(c1ccc2c(c1)OCO2)S(C)(=O)=O. The van der Waals surface area contributed by atoms with Crippen LogP contribution in [0.3, 0.4) is 0 Å². The molecule has 1 N–H and O–H groups in total. The van der Waals surface area contributed by atoms with Crippen LogP contribution in [0, 0.1) is 0 Å². The molecule has 1 fully saturated rings. The van der Waals surface area contributed by atoms with E-state index in [4.69, 9.17) is 32.7 Å². The lowest BCUT2D eigenvalue weighted by Crippen LogP contribution is -2.53. The van der Waals surface area contributed by atoms with E-state index in [9.17, 15) is 18.0 Å². The van der Waals surface area contributed by atoms with Gasteiger partial charge in [-0.25, -0.2) is 8.42 Å². The van der Waals surface area contributed by atoms with E-state index >= 15 is 0 Å². The summed E-state index contributed by atoms with van der Waals surface area (Å²) in [6.45, 7) is 1.03. The number of sulfonamides is 1. The van der Waals surface area contributed by atoms with E-state index in [1.807, 2.05) is 0 Å². The minimum absolute atomic E-state index is 0.0244. The number of carbonyl (C=O) groups is 2. The van der Waals surface area contributed by atoms with Gasteiger partial charge >= 0.3 is 0 Å². The smallest absolute Gasteiger partial charge is 0.244 e. The van der Waals surface area contributed by atoms with Crippen molar-refractivity contribution in [3.05, 3.63) is 52.0 Å². The maximum absolute atomic E-state index is 13.8. The predicted molar refractivity (Wildman–Crippen MR) is 146 cm³/mol. The van der Waals surface area contributed by atoms with Crippen molar-refractivity contribution in [3.8, 4) is 11.5 Å². The second kappa shape index (κ2) is 12.0. The predicted octanol–water partition coefficient (Wildman–Crippen LogP) is 4.35. The first-order chi connectivity index (χ1) is 18.0. The molecule has 2 aromatic rings. The minimum atomic E-state index is -3.89. The standard InChI is InChI=1S/C26H31Cl2N3O6S/c1-17(26(33)29-18-7-4-3-5-8-18)30(14-20-21(27)9-6-10-22(20)28)25(32)15-31(38(2,34)35)19-11-12-23-24(13-19)37-16-36-23/h6,9-13,17-18H,3-5,7-8,14-16H2,1-2H3,(H,29,33)/t17-/m0/s1. The molecule has 2 aliphatic rings. The number of fused-ring (bicyclic) bond motifs is 1. The molecular weight excluding hydrogens is 553 g/mol. The highest BCUT2D eigenvalue weighted by Crippen LogP contribution is 2.36. The number of amides is 2. The summed E-state index contributed by atoms with van der Waals surface area (Å²) in [7, 11) is -3.89. The molecule has 1 saturated carbocycles. The highest BCUT2D eigenvalue weighted by molar-refractivity contribution is 7.92. The van der Waals surface area contributed by atoms with Crippen LogP contribution >= 0.6 is 23.2 Å². The molecule has 206 valence electrons. The van der Waals surface area contributed by atoms with E-state index in [1.165, 1.54) is 17.0 Å². The van der Waals surface area contributed by atoms with Crippen LogP contribution in [0.25, 0.3) is 0 Å². The van der Waals surface area contributed by atoms with Gasteiger partial charge in [0.05, 0.1) is 11.9 Å². The van der Waals surface area contributed by atoms with Crippen LogP contribution in [0.4, 0.5) is 5.69 Å². The van der Waals surface area contributed by atoms with Crippen molar-refractivity contribution in [1.29, 1.82) is 0 Å². The Kier molecular flexibility index (Phi) is 8.95. The summed E-state index contributed by atoms with van der Waals surface area (Å²) >= 11 is 12.8. The van der Waals surface area contributed by atoms with Gasteiger partial charge in [0.1, 0.15) is 12.6 Å². The lowest BCUT2D eigenvalue weighted by Gasteiger charge is -2.33. The average Bonchev–Trinajstić information content (AvgIpc) is 3.34. The summed E-state index contributed by atoms with van der Waals surface area (Å²) in [5.74, 6) is -0.0437. The van der Waals surface area contributed by atoms with Crippen LogP contribution in [-0.4, -0.2) is 56.8 Å². The number of nitrogens with one attached hydrogen (secondary N) is 1. The molecule has 0 unspecified atom stereocenters. The molecule has 1 heterocycles. The first-order valence-corrected chi connectivity index (χ1v) is 15.0. The van der Waals surface area contributed by atoms with Crippen molar-refractivity contribution >= 4 is 50.7 Å². The van der Waals surface area contributed by atoms with Crippen LogP contribution in [0.5, 0.6) is 11.5 Å². The third-order valence-electron chi connectivity index (χ3n) is 6.83. The van der Waals surface area contributed by atoms with E-state index in [0.717, 1.165) is 42.7 Å². The Morgan fingerprint density at radius 2 is 1.71 bits per heavy atom. The molecule has 1 atom stereocenters. The molecule has 0 saturated heterocycles. The van der Waals surface area contributed by atoms with Crippen LogP contribution in [0.1, 0.15) is 44.6 Å². The lowest BCUT2D eigenvalue weighted by atomic mass is 9.95. The van der Waals surface area contributed by atoms with Crippen molar-refractivity contribution < 1.29 is 27.5 Å². The van der Waals surface area contributed by atoms with E-state index < -0.39 is 28.5 Å². The summed E-state index contributed by atoms with van der Waals surface area (Å²) in [5, 5.41) is 3.73. The monoisotopic (exact) mass is 583 g/mol. The molecule has 1 aliphatic carbocycles. The number of hydrogen-bond acceptors (Lipinski definition) is 6. The zero-order chi connectivity index (χ0) is 27.4. The molecule has 0 radical (unpaired) electrons. The Labute approximate surface area is 233 Å². The molecule has 38 heavy (non-hydrogen) atoms. The molecule has 0 aromatic heterocycles. The number of nitrogens with zero attached hydrogens (tertiary/aromatic N) is 2. The number of carbonyl (C=O) groups excluding carboxylic acids is 2. The molecule has 0 spiro atoms. The van der Waals surface area contributed by atoms with Gasteiger partial charge in [0.25, 0.3) is 0 Å². The lowest BCUT2D eigenvalue weighted by molar-refractivity contribution is -0.139. The Balaban J connectivity index is 1.62. The first-order valence-electron chi connectivity index (χ1n) is 12.4. The van der Waals surface area contributed by atoms with Crippen LogP contribution < -0.4 is 19.1 Å². The quantitative estimate of drug-likeness (QED) is 0.470. The summed E-state index contributed by atoms with van der Waals surface area (Å²) in [5.41, 5.74) is 0.704. The van der Waals surface area contributed by atoms with Gasteiger partial charge in [0.15, 0.2) is 11.5 Å². The van der Waals surface area contributed by atoms with Crippen molar-refractivity contribution in [2.24, 2.45) is 0 Å². The molecule has 12 heteroatoms. The third kappa shape index (κ3) is 6.65. The number of ether oxygens (including phenoxy) is 2. The number of rotatable bonds is 9. The summed E-state index contributed by atoms with van der Waals surface area (Å²) in [6.07, 6.45) is 5.99. The maximum atomic E-state index is 13.8. The first kappa shape index (κ1) is 28.3. The van der Waals surface area contributed by atoms with Crippen molar-refractivity contribution in [3.63, 3.8) is 0 Å². The fourth-order valence-corrected chi connectivity index (χ4v) is 6.02. The van der Waals surface area contributed by atoms with Crippen molar-refractivity contribution in [1.82, 2.24) is 10.2 Å². The second-order valence-corrected chi connectivity index (χ2v) is 12.3. The Morgan fingerprint density at radius 3 is 2.37 bits per heavy atom. The Hall–Kier alpha value is -2.69. The van der Waals surface area contributed by atoms with E-state index in [0.29, 0.717) is 27.1 Å². The minimum Gasteiger partial charge on any atom is -0.454 e. The molecule has 0 bridgehead atoms. The highest BCUT2D eigenvalue weighted by Gasteiger charge is 2.32. The molecule has 2 aromatic carbocycles. The summed E-state index contributed by atoms with van der Waals surface area (Å²) < 4.78 is 37.2. The fraction of sp³-hybridized carbons (Fsp3) is 0.462. The second-order valence-electron chi connectivity index (χ2n) is 9.55.